The molecule has 0 fully saturated rings. The zero-order valence-corrected chi connectivity index (χ0v) is 27.6. The smallest absolute Gasteiger partial charge is 0.266 e. The summed E-state index contributed by atoms with van der Waals surface area (Å²) in [5, 5.41) is 12.9. The molecule has 4 aromatic rings. The van der Waals surface area contributed by atoms with Gasteiger partial charge in [-0.3, -0.25) is 10.2 Å². The van der Waals surface area contributed by atoms with Crippen LogP contribution in [0.3, 0.4) is 0 Å². The van der Waals surface area contributed by atoms with Crippen molar-refractivity contribution in [3.05, 3.63) is 141 Å². The van der Waals surface area contributed by atoms with E-state index in [2.05, 4.69) is 33.0 Å². The van der Waals surface area contributed by atoms with Crippen molar-refractivity contribution >= 4 is 11.8 Å². The number of rotatable bonds is 18. The summed E-state index contributed by atoms with van der Waals surface area (Å²) in [6.07, 6.45) is 2.63. The lowest BCUT2D eigenvalue weighted by atomic mass is 9.81. The van der Waals surface area contributed by atoms with E-state index >= 15 is 0 Å². The minimum atomic E-state index is -1.46. The molecule has 0 aliphatic carbocycles. The summed E-state index contributed by atoms with van der Waals surface area (Å²) in [6, 6.07) is 32.6. The van der Waals surface area contributed by atoms with Crippen LogP contribution in [0.5, 0.6) is 11.5 Å². The maximum absolute atomic E-state index is 14.6. The zero-order chi connectivity index (χ0) is 34.3. The van der Waals surface area contributed by atoms with Crippen molar-refractivity contribution in [3.8, 4) is 11.5 Å². The predicted molar refractivity (Wildman–Crippen MR) is 188 cm³/mol. The third-order valence-electron chi connectivity index (χ3n) is 8.37. The van der Waals surface area contributed by atoms with Gasteiger partial charge in [0.05, 0.1) is 20.3 Å². The average Bonchev–Trinajstić information content (AvgIpc) is 3.54. The SMILES string of the molecule is COc1cccc([C@@H]2OC(c3ccc(OCCCO)cc3)=N[C@]2(Cc2ccccc2CN=[N+]=[N-])C(=O)NNCCCCc2ccccc2)c1. The standard InChI is InChI=1S/C38H42N6O5/c1-47-34-17-9-16-30(25-34)35-38(26-31-14-5-6-15-32(31)27-41-44-39,37(46)43-40-22-8-7-13-28-11-3-2-4-12-28)42-36(49-35)29-18-20-33(21-19-29)48-24-10-23-45/h2-6,9,11-12,14-21,25,35,40,45H,7-8,10,13,22-24,26-27H2,1H3,(H,43,46)/t35-,38-/m0/s1. The molecular weight excluding hydrogens is 620 g/mol. The number of aliphatic hydroxyl groups excluding tert-OH is 1. The number of amides is 1. The molecule has 0 spiro atoms. The summed E-state index contributed by atoms with van der Waals surface area (Å²) in [5.41, 5.74) is 18.0. The monoisotopic (exact) mass is 662 g/mol. The van der Waals surface area contributed by atoms with E-state index in [1.165, 1.54) is 5.56 Å². The molecule has 0 saturated heterocycles. The molecule has 0 bridgehead atoms. The number of aliphatic imine (C=N–C) groups is 1. The topological polar surface area (TPSA) is 150 Å². The Morgan fingerprint density at radius 1 is 0.959 bits per heavy atom. The highest BCUT2D eigenvalue weighted by Crippen LogP contribution is 2.43. The van der Waals surface area contributed by atoms with Gasteiger partial charge in [0, 0.05) is 36.5 Å². The highest BCUT2D eigenvalue weighted by Gasteiger charge is 2.53. The Morgan fingerprint density at radius 3 is 2.49 bits per heavy atom. The van der Waals surface area contributed by atoms with Gasteiger partial charge in [-0.1, -0.05) is 71.8 Å². The molecule has 2 atom stereocenters. The molecule has 0 unspecified atom stereocenters. The van der Waals surface area contributed by atoms with Crippen LogP contribution in [0.15, 0.2) is 113 Å². The largest absolute Gasteiger partial charge is 0.497 e. The lowest BCUT2D eigenvalue weighted by Crippen LogP contribution is -2.54. The first kappa shape index (κ1) is 35.0. The molecule has 1 aliphatic rings. The van der Waals surface area contributed by atoms with E-state index in [1.54, 1.807) is 7.11 Å². The van der Waals surface area contributed by atoms with Gasteiger partial charge in [0.25, 0.3) is 5.91 Å². The van der Waals surface area contributed by atoms with Crippen LogP contribution in [0.1, 0.15) is 53.2 Å². The average molecular weight is 663 g/mol. The van der Waals surface area contributed by atoms with E-state index in [1.807, 2.05) is 91.0 Å². The van der Waals surface area contributed by atoms with Crippen molar-refractivity contribution < 1.29 is 24.1 Å². The minimum Gasteiger partial charge on any atom is -0.497 e. The van der Waals surface area contributed by atoms with Crippen LogP contribution in [-0.4, -0.2) is 49.3 Å². The van der Waals surface area contributed by atoms with Gasteiger partial charge in [0.2, 0.25) is 5.90 Å². The van der Waals surface area contributed by atoms with Gasteiger partial charge in [-0.15, -0.1) is 0 Å². The van der Waals surface area contributed by atoms with Gasteiger partial charge in [0.15, 0.2) is 11.6 Å². The normalized spacial score (nSPS) is 16.6. The quantitative estimate of drug-likeness (QED) is 0.0368. The minimum absolute atomic E-state index is 0.0487. The second-order valence-corrected chi connectivity index (χ2v) is 11.7. The molecule has 11 heteroatoms. The van der Waals surface area contributed by atoms with Crippen LogP contribution >= 0.6 is 0 Å². The lowest BCUT2D eigenvalue weighted by Gasteiger charge is -2.31. The van der Waals surface area contributed by atoms with Gasteiger partial charge < -0.3 is 19.3 Å². The number of carbonyl (C=O) groups excluding carboxylic acids is 1. The molecule has 0 aromatic heterocycles. The molecule has 5 rings (SSSR count). The molecule has 0 radical (unpaired) electrons. The number of hydrogen-bond acceptors (Lipinski definition) is 8. The third-order valence-corrected chi connectivity index (χ3v) is 8.37. The molecule has 4 aromatic carbocycles. The Balaban J connectivity index is 1.47. The molecule has 49 heavy (non-hydrogen) atoms. The third kappa shape index (κ3) is 9.17. The van der Waals surface area contributed by atoms with Gasteiger partial charge in [-0.25, -0.2) is 10.4 Å². The number of nitrogens with one attached hydrogen (secondary N) is 2. The summed E-state index contributed by atoms with van der Waals surface area (Å²) in [6.45, 7) is 1.14. The Kier molecular flexibility index (Phi) is 12.6. The number of aryl methyl sites for hydroxylation is 1. The van der Waals surface area contributed by atoms with Crippen LogP contribution in [-0.2, 0) is 28.9 Å². The van der Waals surface area contributed by atoms with Crippen molar-refractivity contribution in [1.82, 2.24) is 10.9 Å². The fraction of sp³-hybridized carbons (Fsp3) is 0.316. The number of unbranched alkanes of at least 4 members (excludes halogenated alkanes) is 1. The number of methoxy groups -OCH3 is 1. The number of ether oxygens (including phenoxy) is 3. The van der Waals surface area contributed by atoms with E-state index in [9.17, 15) is 4.79 Å². The summed E-state index contributed by atoms with van der Waals surface area (Å²) < 4.78 is 17.9. The van der Waals surface area contributed by atoms with Crippen molar-refractivity contribution in [3.63, 3.8) is 0 Å². The zero-order valence-electron chi connectivity index (χ0n) is 27.6. The molecule has 1 heterocycles. The number of azide groups is 1. The molecule has 3 N–H and O–H groups in total. The van der Waals surface area contributed by atoms with Crippen molar-refractivity contribution in [2.45, 2.75) is 50.3 Å². The highest BCUT2D eigenvalue weighted by molar-refractivity contribution is 6.01. The summed E-state index contributed by atoms with van der Waals surface area (Å²) in [4.78, 5) is 22.6. The van der Waals surface area contributed by atoms with Gasteiger partial charge >= 0.3 is 0 Å². The van der Waals surface area contributed by atoms with E-state index in [-0.39, 0.29) is 25.5 Å². The summed E-state index contributed by atoms with van der Waals surface area (Å²) in [5.74, 6) is 1.21. The van der Waals surface area contributed by atoms with Gasteiger partial charge in [-0.2, -0.15) is 0 Å². The maximum atomic E-state index is 14.6. The molecule has 1 amide bonds. The van der Waals surface area contributed by atoms with E-state index in [0.29, 0.717) is 48.1 Å². The Hall–Kier alpha value is -5.35. The summed E-state index contributed by atoms with van der Waals surface area (Å²) >= 11 is 0. The van der Waals surface area contributed by atoms with E-state index in [4.69, 9.17) is 29.8 Å². The number of hydrogen-bond donors (Lipinski definition) is 3. The van der Waals surface area contributed by atoms with Crippen molar-refractivity contribution in [2.24, 2.45) is 10.1 Å². The second-order valence-electron chi connectivity index (χ2n) is 11.7. The Bertz CT molecular complexity index is 1740. The van der Waals surface area contributed by atoms with Crippen LogP contribution in [0, 0.1) is 0 Å². The first-order valence-electron chi connectivity index (χ1n) is 16.5. The predicted octanol–water partition coefficient (Wildman–Crippen LogP) is 6.41. The number of hydrazine groups is 1. The van der Waals surface area contributed by atoms with Gasteiger partial charge in [0.1, 0.15) is 11.5 Å². The first-order valence-corrected chi connectivity index (χ1v) is 16.5. The van der Waals surface area contributed by atoms with E-state index < -0.39 is 11.6 Å². The Labute approximate surface area is 286 Å². The van der Waals surface area contributed by atoms with Gasteiger partial charge in [-0.05, 0) is 83.4 Å². The number of nitrogens with zero attached hydrogens (tertiary/aromatic N) is 4. The Morgan fingerprint density at radius 2 is 1.73 bits per heavy atom. The lowest BCUT2D eigenvalue weighted by molar-refractivity contribution is -0.130. The molecule has 1 aliphatic heterocycles. The van der Waals surface area contributed by atoms with Crippen molar-refractivity contribution in [2.75, 3.05) is 26.9 Å². The van der Waals surface area contributed by atoms with Crippen LogP contribution in [0.25, 0.3) is 10.4 Å². The maximum Gasteiger partial charge on any atom is 0.266 e. The number of aliphatic hydroxyl groups is 1. The summed E-state index contributed by atoms with van der Waals surface area (Å²) in [7, 11) is 1.59. The molecule has 11 nitrogen and oxygen atoms in total. The molecular formula is C38H42N6O5. The molecule has 0 saturated carbocycles. The second kappa shape index (κ2) is 17.7. The fourth-order valence-corrected chi connectivity index (χ4v) is 5.81. The number of benzene rings is 4. The highest BCUT2D eigenvalue weighted by atomic mass is 16.5. The van der Waals surface area contributed by atoms with E-state index in [0.717, 1.165) is 30.4 Å². The van der Waals surface area contributed by atoms with Crippen LogP contribution < -0.4 is 20.3 Å². The van der Waals surface area contributed by atoms with Crippen molar-refractivity contribution in [1.29, 1.82) is 0 Å². The van der Waals surface area contributed by atoms with Crippen LogP contribution in [0.4, 0.5) is 0 Å². The van der Waals surface area contributed by atoms with Crippen LogP contribution in [0.2, 0.25) is 0 Å². The number of carbonyl (C=O) groups is 1. The molecule has 254 valence electrons. The fourth-order valence-electron chi connectivity index (χ4n) is 5.81. The first-order chi connectivity index (χ1) is 24.1.